The molecule has 0 heterocycles. The summed E-state index contributed by atoms with van der Waals surface area (Å²) < 4.78 is 10.7. The van der Waals surface area contributed by atoms with Gasteiger partial charge in [-0.15, -0.1) is 0 Å². The average Bonchev–Trinajstić information content (AvgIpc) is 2.39. The molecule has 18 heavy (non-hydrogen) atoms. The number of hydrogen-bond donors (Lipinski definition) is 2. The topological polar surface area (TPSA) is 58.9 Å². The molecule has 2 N–H and O–H groups in total. The molecule has 1 aromatic carbocycles. The Labute approximate surface area is 107 Å². The molecule has 0 bridgehead atoms. The van der Waals surface area contributed by atoms with Crippen LogP contribution < -0.4 is 4.74 Å². The van der Waals surface area contributed by atoms with Gasteiger partial charge in [0.05, 0.1) is 25.9 Å². The number of aliphatic hydroxyl groups is 2. The molecule has 1 atom stereocenters. The standard InChI is InChI=1S/C14H20O4/c15-6-7-17-8-9-18-12-5-4-11-2-1-3-14(16)13(11)10-12/h4-5,10,14-16H,1-3,6-9H2/t14-/m1/s1. The summed E-state index contributed by atoms with van der Waals surface area (Å²) in [6, 6.07) is 5.88. The number of aliphatic hydroxyl groups excluding tert-OH is 2. The maximum atomic E-state index is 9.92. The van der Waals surface area contributed by atoms with E-state index >= 15 is 0 Å². The first-order valence-electron chi connectivity index (χ1n) is 6.43. The Kier molecular flexibility index (Phi) is 4.99. The molecular formula is C14H20O4. The van der Waals surface area contributed by atoms with Gasteiger partial charge < -0.3 is 19.7 Å². The summed E-state index contributed by atoms with van der Waals surface area (Å²) in [5, 5.41) is 18.5. The summed E-state index contributed by atoms with van der Waals surface area (Å²) in [6.45, 7) is 1.28. The van der Waals surface area contributed by atoms with Crippen molar-refractivity contribution in [3.05, 3.63) is 29.3 Å². The van der Waals surface area contributed by atoms with Crippen molar-refractivity contribution >= 4 is 0 Å². The summed E-state index contributed by atoms with van der Waals surface area (Å²) in [4.78, 5) is 0. The molecule has 0 unspecified atom stereocenters. The molecule has 0 aromatic heterocycles. The summed E-state index contributed by atoms with van der Waals surface area (Å²) in [5.74, 6) is 0.766. The zero-order valence-corrected chi connectivity index (χ0v) is 10.5. The third-order valence-electron chi connectivity index (χ3n) is 3.13. The van der Waals surface area contributed by atoms with Gasteiger partial charge in [-0.05, 0) is 42.5 Å². The van der Waals surface area contributed by atoms with Gasteiger partial charge in [0, 0.05) is 0 Å². The van der Waals surface area contributed by atoms with Crippen LogP contribution in [0.1, 0.15) is 30.1 Å². The minimum absolute atomic E-state index is 0.0328. The Bertz CT molecular complexity index is 378. The van der Waals surface area contributed by atoms with Crippen molar-refractivity contribution in [1.82, 2.24) is 0 Å². The van der Waals surface area contributed by atoms with E-state index in [4.69, 9.17) is 14.6 Å². The Hall–Kier alpha value is -1.10. The van der Waals surface area contributed by atoms with Crippen molar-refractivity contribution in [2.45, 2.75) is 25.4 Å². The van der Waals surface area contributed by atoms with Crippen molar-refractivity contribution < 1.29 is 19.7 Å². The predicted molar refractivity (Wildman–Crippen MR) is 67.7 cm³/mol. The fraction of sp³-hybridized carbons (Fsp3) is 0.571. The number of aryl methyl sites for hydroxylation is 1. The van der Waals surface area contributed by atoms with Gasteiger partial charge in [0.15, 0.2) is 0 Å². The van der Waals surface area contributed by atoms with E-state index < -0.39 is 0 Å². The average molecular weight is 252 g/mol. The van der Waals surface area contributed by atoms with Crippen molar-refractivity contribution in [3.63, 3.8) is 0 Å². The van der Waals surface area contributed by atoms with Gasteiger partial charge in [-0.25, -0.2) is 0 Å². The van der Waals surface area contributed by atoms with Crippen LogP contribution in [-0.2, 0) is 11.2 Å². The zero-order chi connectivity index (χ0) is 12.8. The first-order valence-corrected chi connectivity index (χ1v) is 6.43. The molecular weight excluding hydrogens is 232 g/mol. The minimum Gasteiger partial charge on any atom is -0.491 e. The van der Waals surface area contributed by atoms with Crippen LogP contribution in [0.2, 0.25) is 0 Å². The SMILES string of the molecule is OCCOCCOc1ccc2c(c1)[C@H](O)CCC2. The summed E-state index contributed by atoms with van der Waals surface area (Å²) >= 11 is 0. The first kappa shape index (κ1) is 13.3. The van der Waals surface area contributed by atoms with E-state index in [1.807, 2.05) is 18.2 Å². The molecule has 100 valence electrons. The van der Waals surface area contributed by atoms with Crippen LogP contribution >= 0.6 is 0 Å². The Morgan fingerprint density at radius 3 is 2.94 bits per heavy atom. The second-order valence-electron chi connectivity index (χ2n) is 4.45. The number of rotatable bonds is 6. The maximum Gasteiger partial charge on any atom is 0.119 e. The predicted octanol–water partition coefficient (Wildman–Crippen LogP) is 1.44. The third-order valence-corrected chi connectivity index (χ3v) is 3.13. The number of benzene rings is 1. The van der Waals surface area contributed by atoms with Gasteiger partial charge in [-0.2, -0.15) is 0 Å². The van der Waals surface area contributed by atoms with E-state index in [0.29, 0.717) is 19.8 Å². The van der Waals surface area contributed by atoms with Gasteiger partial charge in [0.25, 0.3) is 0 Å². The van der Waals surface area contributed by atoms with Crippen LogP contribution in [0.3, 0.4) is 0 Å². The van der Waals surface area contributed by atoms with Gasteiger partial charge in [-0.1, -0.05) is 6.07 Å². The number of fused-ring (bicyclic) bond motifs is 1. The second-order valence-corrected chi connectivity index (χ2v) is 4.45. The van der Waals surface area contributed by atoms with Crippen LogP contribution in [-0.4, -0.2) is 36.6 Å². The van der Waals surface area contributed by atoms with E-state index in [9.17, 15) is 5.11 Å². The molecule has 1 aliphatic rings. The third kappa shape index (κ3) is 3.45. The Balaban J connectivity index is 1.88. The highest BCUT2D eigenvalue weighted by Crippen LogP contribution is 2.32. The van der Waals surface area contributed by atoms with Crippen LogP contribution in [0.15, 0.2) is 18.2 Å². The van der Waals surface area contributed by atoms with Crippen LogP contribution in [0.5, 0.6) is 5.75 Å². The lowest BCUT2D eigenvalue weighted by molar-refractivity contribution is 0.0704. The van der Waals surface area contributed by atoms with Crippen molar-refractivity contribution in [3.8, 4) is 5.75 Å². The fourth-order valence-electron chi connectivity index (χ4n) is 2.23. The normalized spacial score (nSPS) is 18.4. The molecule has 0 saturated heterocycles. The highest BCUT2D eigenvalue weighted by Gasteiger charge is 2.18. The molecule has 1 aromatic rings. The smallest absolute Gasteiger partial charge is 0.119 e. The van der Waals surface area contributed by atoms with Gasteiger partial charge >= 0.3 is 0 Å². The number of ether oxygens (including phenoxy) is 2. The quantitative estimate of drug-likeness (QED) is 0.752. The van der Waals surface area contributed by atoms with Crippen molar-refractivity contribution in [1.29, 1.82) is 0 Å². The summed E-state index contributed by atoms with van der Waals surface area (Å²) in [6.07, 6.45) is 2.55. The molecule has 0 aliphatic heterocycles. The summed E-state index contributed by atoms with van der Waals surface area (Å²) in [5.41, 5.74) is 2.22. The molecule has 2 rings (SSSR count). The molecule has 1 aliphatic carbocycles. The maximum absolute atomic E-state index is 9.92. The molecule has 0 fully saturated rings. The fourth-order valence-corrected chi connectivity index (χ4v) is 2.23. The van der Waals surface area contributed by atoms with Gasteiger partial charge in [0.1, 0.15) is 12.4 Å². The van der Waals surface area contributed by atoms with Crippen molar-refractivity contribution in [2.75, 3.05) is 26.4 Å². The molecule has 0 amide bonds. The lowest BCUT2D eigenvalue weighted by Crippen LogP contribution is -2.11. The molecule has 4 nitrogen and oxygen atoms in total. The lowest BCUT2D eigenvalue weighted by atomic mass is 9.89. The van der Waals surface area contributed by atoms with E-state index in [0.717, 1.165) is 30.6 Å². The van der Waals surface area contributed by atoms with Gasteiger partial charge in [-0.3, -0.25) is 0 Å². The van der Waals surface area contributed by atoms with Crippen LogP contribution in [0, 0.1) is 0 Å². The first-order chi connectivity index (χ1) is 8.81. The van der Waals surface area contributed by atoms with Crippen molar-refractivity contribution in [2.24, 2.45) is 0 Å². The molecule has 4 heteroatoms. The highest BCUT2D eigenvalue weighted by atomic mass is 16.5. The van der Waals surface area contributed by atoms with E-state index in [1.165, 1.54) is 5.56 Å². The second kappa shape index (κ2) is 6.73. The molecule has 0 saturated carbocycles. The molecule has 0 spiro atoms. The Morgan fingerprint density at radius 1 is 1.22 bits per heavy atom. The van der Waals surface area contributed by atoms with E-state index in [1.54, 1.807) is 0 Å². The van der Waals surface area contributed by atoms with Crippen LogP contribution in [0.4, 0.5) is 0 Å². The molecule has 0 radical (unpaired) electrons. The van der Waals surface area contributed by atoms with Crippen LogP contribution in [0.25, 0.3) is 0 Å². The van der Waals surface area contributed by atoms with Gasteiger partial charge in [0.2, 0.25) is 0 Å². The minimum atomic E-state index is -0.358. The largest absolute Gasteiger partial charge is 0.491 e. The number of hydrogen-bond acceptors (Lipinski definition) is 4. The van der Waals surface area contributed by atoms with E-state index in [-0.39, 0.29) is 12.7 Å². The Morgan fingerprint density at radius 2 is 2.11 bits per heavy atom. The summed E-state index contributed by atoms with van der Waals surface area (Å²) in [7, 11) is 0. The highest BCUT2D eigenvalue weighted by molar-refractivity contribution is 5.38. The monoisotopic (exact) mass is 252 g/mol. The van der Waals surface area contributed by atoms with E-state index in [2.05, 4.69) is 0 Å². The lowest BCUT2D eigenvalue weighted by Gasteiger charge is -2.22. The zero-order valence-electron chi connectivity index (χ0n) is 10.5.